The Morgan fingerprint density at radius 2 is 1.75 bits per heavy atom. The number of hydrogen-bond donors (Lipinski definition) is 0. The van der Waals surface area contributed by atoms with Crippen molar-refractivity contribution in [1.82, 2.24) is 4.90 Å². The first-order chi connectivity index (χ1) is 7.54. The van der Waals surface area contributed by atoms with E-state index >= 15 is 0 Å². The lowest BCUT2D eigenvalue weighted by Gasteiger charge is -2.19. The van der Waals surface area contributed by atoms with Gasteiger partial charge in [0.25, 0.3) is 0 Å². The number of benzene rings is 1. The minimum Gasteiger partial charge on any atom is -0.497 e. The first kappa shape index (κ1) is 12.6. The molecule has 0 spiro atoms. The number of aliphatic imine (C=N–C) groups is 1. The van der Waals surface area contributed by atoms with Gasteiger partial charge in [-0.05, 0) is 24.3 Å². The van der Waals surface area contributed by atoms with Crippen LogP contribution < -0.4 is 4.74 Å². The topological polar surface area (TPSA) is 24.8 Å². The molecule has 1 aromatic carbocycles. The lowest BCUT2D eigenvalue weighted by Crippen LogP contribution is -2.26. The van der Waals surface area contributed by atoms with E-state index in [1.165, 1.54) is 0 Å². The first-order valence-electron chi connectivity index (χ1n) is 5.44. The van der Waals surface area contributed by atoms with E-state index in [-0.39, 0.29) is 0 Å². The van der Waals surface area contributed by atoms with Crippen molar-refractivity contribution in [1.29, 1.82) is 0 Å². The van der Waals surface area contributed by atoms with Gasteiger partial charge in [-0.15, -0.1) is 0 Å². The van der Waals surface area contributed by atoms with Crippen molar-refractivity contribution in [2.45, 2.75) is 13.8 Å². The van der Waals surface area contributed by atoms with Crippen LogP contribution in [0.1, 0.15) is 13.8 Å². The van der Waals surface area contributed by atoms with Gasteiger partial charge in [-0.1, -0.05) is 13.8 Å². The van der Waals surface area contributed by atoms with Crippen LogP contribution in [0.4, 0.5) is 5.69 Å². The molecular weight excluding hydrogens is 200 g/mol. The van der Waals surface area contributed by atoms with Gasteiger partial charge in [0.15, 0.2) is 0 Å². The molecule has 0 atom stereocenters. The van der Waals surface area contributed by atoms with Crippen LogP contribution in [0.3, 0.4) is 0 Å². The van der Waals surface area contributed by atoms with E-state index in [2.05, 4.69) is 23.7 Å². The van der Waals surface area contributed by atoms with Crippen molar-refractivity contribution in [2.75, 3.05) is 21.2 Å². The van der Waals surface area contributed by atoms with Crippen molar-refractivity contribution < 1.29 is 4.74 Å². The molecular formula is C13H20N2O. The van der Waals surface area contributed by atoms with Crippen molar-refractivity contribution >= 4 is 11.5 Å². The van der Waals surface area contributed by atoms with Gasteiger partial charge in [-0.25, -0.2) is 4.99 Å². The molecule has 0 bridgehead atoms. The summed E-state index contributed by atoms with van der Waals surface area (Å²) in [5, 5.41) is 0. The third-order valence-electron chi connectivity index (χ3n) is 2.29. The number of rotatable bonds is 3. The van der Waals surface area contributed by atoms with E-state index in [1.807, 2.05) is 38.4 Å². The fraction of sp³-hybridized carbons (Fsp3) is 0.462. The lowest BCUT2D eigenvalue weighted by atomic mass is 10.2. The van der Waals surface area contributed by atoms with Crippen molar-refractivity contribution in [2.24, 2.45) is 10.9 Å². The Bertz CT molecular complexity index is 343. The maximum atomic E-state index is 5.11. The summed E-state index contributed by atoms with van der Waals surface area (Å²) in [5.41, 5.74) is 0.957. The second-order valence-corrected chi connectivity index (χ2v) is 4.22. The number of amidine groups is 1. The predicted octanol–water partition coefficient (Wildman–Crippen LogP) is 2.94. The zero-order chi connectivity index (χ0) is 12.1. The van der Waals surface area contributed by atoms with Crippen molar-refractivity contribution in [3.8, 4) is 5.75 Å². The van der Waals surface area contributed by atoms with Gasteiger partial charge in [-0.2, -0.15) is 0 Å². The minimum atomic E-state index is 0.414. The summed E-state index contributed by atoms with van der Waals surface area (Å²) in [6.45, 7) is 4.28. The van der Waals surface area contributed by atoms with Crippen LogP contribution in [0.5, 0.6) is 5.75 Å². The van der Waals surface area contributed by atoms with Gasteiger partial charge in [0.2, 0.25) is 0 Å². The van der Waals surface area contributed by atoms with Gasteiger partial charge in [0, 0.05) is 20.0 Å². The van der Waals surface area contributed by atoms with E-state index < -0.39 is 0 Å². The molecule has 0 unspecified atom stereocenters. The number of nitrogens with zero attached hydrogens (tertiary/aromatic N) is 2. The van der Waals surface area contributed by atoms with E-state index in [9.17, 15) is 0 Å². The summed E-state index contributed by atoms with van der Waals surface area (Å²) in [5.74, 6) is 2.34. The summed E-state index contributed by atoms with van der Waals surface area (Å²) in [6, 6.07) is 7.77. The number of ether oxygens (including phenoxy) is 1. The fourth-order valence-corrected chi connectivity index (χ4v) is 1.53. The molecule has 0 heterocycles. The summed E-state index contributed by atoms with van der Waals surface area (Å²) in [7, 11) is 5.70. The Hall–Kier alpha value is -1.51. The standard InChI is InChI=1S/C13H20N2O/c1-10(2)13(15(3)4)14-11-6-8-12(16-5)9-7-11/h6-10H,1-5H3. The zero-order valence-electron chi connectivity index (χ0n) is 10.7. The average molecular weight is 220 g/mol. The highest BCUT2D eigenvalue weighted by molar-refractivity contribution is 5.86. The highest BCUT2D eigenvalue weighted by Gasteiger charge is 2.07. The highest BCUT2D eigenvalue weighted by Crippen LogP contribution is 2.19. The first-order valence-corrected chi connectivity index (χ1v) is 5.44. The smallest absolute Gasteiger partial charge is 0.119 e. The van der Waals surface area contributed by atoms with Crippen LogP contribution in [0.2, 0.25) is 0 Å². The minimum absolute atomic E-state index is 0.414. The van der Waals surface area contributed by atoms with Crippen LogP contribution in [0.15, 0.2) is 29.3 Å². The average Bonchev–Trinajstić information content (AvgIpc) is 2.25. The molecule has 1 aromatic rings. The SMILES string of the molecule is COc1ccc(N=C(C(C)C)N(C)C)cc1. The Morgan fingerprint density at radius 3 is 2.12 bits per heavy atom. The highest BCUT2D eigenvalue weighted by atomic mass is 16.5. The van der Waals surface area contributed by atoms with Crippen LogP contribution in [-0.2, 0) is 0 Å². The predicted molar refractivity (Wildman–Crippen MR) is 68.6 cm³/mol. The van der Waals surface area contributed by atoms with E-state index in [0.717, 1.165) is 17.3 Å². The molecule has 0 fully saturated rings. The molecule has 0 radical (unpaired) electrons. The molecule has 0 aromatic heterocycles. The van der Waals surface area contributed by atoms with Gasteiger partial charge >= 0.3 is 0 Å². The van der Waals surface area contributed by atoms with Gasteiger partial charge in [0.1, 0.15) is 11.6 Å². The molecule has 16 heavy (non-hydrogen) atoms. The normalized spacial score (nSPS) is 11.8. The number of hydrogen-bond acceptors (Lipinski definition) is 2. The maximum Gasteiger partial charge on any atom is 0.119 e. The summed E-state index contributed by atoms with van der Waals surface area (Å²) >= 11 is 0. The molecule has 0 aliphatic carbocycles. The van der Waals surface area contributed by atoms with Gasteiger partial charge in [-0.3, -0.25) is 0 Å². The Kier molecular flexibility index (Phi) is 4.35. The third-order valence-corrected chi connectivity index (χ3v) is 2.29. The molecule has 1 rings (SSSR count). The lowest BCUT2D eigenvalue weighted by molar-refractivity contribution is 0.415. The van der Waals surface area contributed by atoms with E-state index in [4.69, 9.17) is 4.74 Å². The van der Waals surface area contributed by atoms with Crippen LogP contribution in [-0.4, -0.2) is 31.9 Å². The van der Waals surface area contributed by atoms with E-state index in [1.54, 1.807) is 7.11 Å². The molecule has 0 aliphatic rings. The summed E-state index contributed by atoms with van der Waals surface area (Å²) in [6.07, 6.45) is 0. The fourth-order valence-electron chi connectivity index (χ4n) is 1.53. The second-order valence-electron chi connectivity index (χ2n) is 4.22. The van der Waals surface area contributed by atoms with Crippen LogP contribution in [0.25, 0.3) is 0 Å². The van der Waals surface area contributed by atoms with E-state index in [0.29, 0.717) is 5.92 Å². The molecule has 0 amide bonds. The maximum absolute atomic E-state index is 5.11. The summed E-state index contributed by atoms with van der Waals surface area (Å²) < 4.78 is 5.11. The molecule has 88 valence electrons. The Balaban J connectivity index is 2.94. The largest absolute Gasteiger partial charge is 0.497 e. The molecule has 0 aliphatic heterocycles. The molecule has 3 heteroatoms. The van der Waals surface area contributed by atoms with Crippen molar-refractivity contribution in [3.63, 3.8) is 0 Å². The molecule has 0 saturated carbocycles. The molecule has 3 nitrogen and oxygen atoms in total. The van der Waals surface area contributed by atoms with Crippen LogP contribution in [0, 0.1) is 5.92 Å². The molecule has 0 saturated heterocycles. The Labute approximate surface area is 97.8 Å². The van der Waals surface area contributed by atoms with Crippen LogP contribution >= 0.6 is 0 Å². The third kappa shape index (κ3) is 3.26. The summed E-state index contributed by atoms with van der Waals surface area (Å²) in [4.78, 5) is 6.67. The second kappa shape index (κ2) is 5.54. The Morgan fingerprint density at radius 1 is 1.19 bits per heavy atom. The van der Waals surface area contributed by atoms with Gasteiger partial charge < -0.3 is 9.64 Å². The quantitative estimate of drug-likeness (QED) is 0.578. The molecule has 0 N–H and O–H groups in total. The van der Waals surface area contributed by atoms with Gasteiger partial charge in [0.05, 0.1) is 12.8 Å². The monoisotopic (exact) mass is 220 g/mol. The van der Waals surface area contributed by atoms with Crippen molar-refractivity contribution in [3.05, 3.63) is 24.3 Å². The zero-order valence-corrected chi connectivity index (χ0v) is 10.7. The number of methoxy groups -OCH3 is 1.